The van der Waals surface area contributed by atoms with E-state index in [1.165, 1.54) is 11.1 Å². The predicted octanol–water partition coefficient (Wildman–Crippen LogP) is 15.1. The lowest BCUT2D eigenvalue weighted by atomic mass is 9.99. The van der Waals surface area contributed by atoms with Crippen LogP contribution < -0.4 is 9.80 Å². The minimum atomic E-state index is 0.865. The molecule has 0 N–H and O–H groups in total. The fraction of sp³-hybridized carbons (Fsp3) is 0. The molecule has 2 heterocycles. The summed E-state index contributed by atoms with van der Waals surface area (Å²) in [6.07, 6.45) is 0. The van der Waals surface area contributed by atoms with Gasteiger partial charge in [-0.25, -0.2) is 0 Å². The van der Waals surface area contributed by atoms with Gasteiger partial charge in [-0.05, 0) is 155 Å². The van der Waals surface area contributed by atoms with Gasteiger partial charge in [-0.15, -0.1) is 20.4 Å². The van der Waals surface area contributed by atoms with Gasteiger partial charge in [0.25, 0.3) is 0 Å². The lowest BCUT2D eigenvalue weighted by molar-refractivity contribution is 0.765. The lowest BCUT2D eigenvalue weighted by Crippen LogP contribution is -2.10. The van der Waals surface area contributed by atoms with Gasteiger partial charge in [-0.2, -0.15) is 9.59 Å². The molecule has 0 atom stereocenters. The molecule has 0 spiro atoms. The Balaban J connectivity index is 0.797. The van der Waals surface area contributed by atoms with Crippen molar-refractivity contribution in [3.05, 3.63) is 255 Å². The van der Waals surface area contributed by atoms with Gasteiger partial charge in [0.05, 0.1) is 11.4 Å². The molecule has 0 saturated carbocycles. The SMILES string of the molecule is c1ccc(-c2ccc(N(c3ccc(-c4ccc(-c5ccc(N(c6ccccc6)c6ccc(-n7nc8ccccc8n7)cc6)cc5)cc4)cc3)c3ccc(-n4nc5ccccc5n4)cc3)cc2)cc1. The smallest absolute Gasteiger partial charge is 0.113 e. The van der Waals surface area contributed by atoms with Crippen molar-refractivity contribution >= 4 is 56.2 Å². The molecule has 68 heavy (non-hydrogen) atoms. The van der Waals surface area contributed by atoms with Gasteiger partial charge in [-0.1, -0.05) is 133 Å². The van der Waals surface area contributed by atoms with E-state index in [0.717, 1.165) is 89.8 Å². The Hall–Kier alpha value is -9.40. The number of rotatable bonds is 11. The summed E-state index contributed by atoms with van der Waals surface area (Å²) in [7, 11) is 0. The molecule has 0 unspecified atom stereocenters. The van der Waals surface area contributed by atoms with E-state index in [9.17, 15) is 0 Å². The van der Waals surface area contributed by atoms with Crippen LogP contribution in [-0.4, -0.2) is 30.0 Å². The maximum absolute atomic E-state index is 4.70. The normalized spacial score (nSPS) is 11.2. The summed E-state index contributed by atoms with van der Waals surface area (Å²) in [5, 5.41) is 18.8. The number of para-hydroxylation sites is 1. The molecule has 2 aromatic heterocycles. The molecule has 0 bridgehead atoms. The minimum Gasteiger partial charge on any atom is -0.311 e. The minimum absolute atomic E-state index is 0.865. The highest BCUT2D eigenvalue weighted by Gasteiger charge is 2.16. The highest BCUT2D eigenvalue weighted by molar-refractivity contribution is 5.82. The first-order valence-electron chi connectivity index (χ1n) is 22.6. The van der Waals surface area contributed by atoms with Crippen molar-refractivity contribution in [2.75, 3.05) is 9.80 Å². The summed E-state index contributed by atoms with van der Waals surface area (Å²) < 4.78 is 0. The van der Waals surface area contributed by atoms with Crippen LogP contribution in [0.15, 0.2) is 255 Å². The second kappa shape index (κ2) is 17.5. The van der Waals surface area contributed by atoms with Crippen LogP contribution in [0.3, 0.4) is 0 Å². The van der Waals surface area contributed by atoms with E-state index >= 15 is 0 Å². The van der Waals surface area contributed by atoms with Gasteiger partial charge in [0.15, 0.2) is 0 Å². The summed E-state index contributed by atoms with van der Waals surface area (Å²) in [4.78, 5) is 7.95. The predicted molar refractivity (Wildman–Crippen MR) is 277 cm³/mol. The molecule has 0 aliphatic heterocycles. The molecule has 322 valence electrons. The van der Waals surface area contributed by atoms with E-state index in [1.807, 2.05) is 60.7 Å². The van der Waals surface area contributed by atoms with Crippen molar-refractivity contribution in [3.63, 3.8) is 0 Å². The zero-order valence-corrected chi connectivity index (χ0v) is 36.8. The Morgan fingerprint density at radius 3 is 0.735 bits per heavy atom. The third kappa shape index (κ3) is 7.92. The molecule has 0 aliphatic carbocycles. The van der Waals surface area contributed by atoms with Crippen LogP contribution in [0, 0.1) is 0 Å². The third-order valence-corrected chi connectivity index (χ3v) is 12.3. The number of hydrogen-bond acceptors (Lipinski definition) is 6. The number of aromatic nitrogens is 6. The van der Waals surface area contributed by atoms with Crippen LogP contribution >= 0.6 is 0 Å². The Labute approximate surface area is 393 Å². The molecular formula is C60H42N8. The third-order valence-electron chi connectivity index (χ3n) is 12.3. The number of nitrogens with zero attached hydrogens (tertiary/aromatic N) is 8. The zero-order chi connectivity index (χ0) is 45.2. The molecular weight excluding hydrogens is 833 g/mol. The van der Waals surface area contributed by atoms with Crippen molar-refractivity contribution < 1.29 is 0 Å². The van der Waals surface area contributed by atoms with Gasteiger partial charge in [0.1, 0.15) is 22.1 Å². The van der Waals surface area contributed by atoms with E-state index in [2.05, 4.69) is 214 Å². The number of benzene rings is 10. The quantitative estimate of drug-likeness (QED) is 0.129. The molecule has 0 amide bonds. The molecule has 0 aliphatic rings. The summed E-state index contributed by atoms with van der Waals surface area (Å²) in [6, 6.07) is 88.7. The van der Waals surface area contributed by atoms with Crippen LogP contribution in [0.4, 0.5) is 34.1 Å². The molecule has 12 rings (SSSR count). The van der Waals surface area contributed by atoms with Crippen molar-refractivity contribution in [3.8, 4) is 44.8 Å². The maximum atomic E-state index is 4.70. The first kappa shape index (κ1) is 40.1. The second-order valence-electron chi connectivity index (χ2n) is 16.6. The Bertz CT molecular complexity index is 3560. The highest BCUT2D eigenvalue weighted by atomic mass is 15.5. The van der Waals surface area contributed by atoms with Crippen molar-refractivity contribution in [1.82, 2.24) is 30.0 Å². The topological polar surface area (TPSA) is 67.9 Å². The Morgan fingerprint density at radius 2 is 0.426 bits per heavy atom. The molecule has 8 nitrogen and oxygen atoms in total. The molecule has 12 aromatic rings. The Morgan fingerprint density at radius 1 is 0.206 bits per heavy atom. The van der Waals surface area contributed by atoms with Gasteiger partial charge in [0.2, 0.25) is 0 Å². The largest absolute Gasteiger partial charge is 0.311 e. The summed E-state index contributed by atoms with van der Waals surface area (Å²) >= 11 is 0. The van der Waals surface area contributed by atoms with E-state index in [1.54, 1.807) is 9.59 Å². The molecule has 10 aromatic carbocycles. The molecule has 0 saturated heterocycles. The van der Waals surface area contributed by atoms with E-state index in [-0.39, 0.29) is 0 Å². The van der Waals surface area contributed by atoms with Gasteiger partial charge in [0, 0.05) is 34.1 Å². The van der Waals surface area contributed by atoms with E-state index < -0.39 is 0 Å². The average molecular weight is 875 g/mol. The van der Waals surface area contributed by atoms with E-state index in [0.29, 0.717) is 0 Å². The van der Waals surface area contributed by atoms with Crippen molar-refractivity contribution in [2.24, 2.45) is 0 Å². The fourth-order valence-electron chi connectivity index (χ4n) is 8.79. The monoisotopic (exact) mass is 874 g/mol. The molecule has 0 fully saturated rings. The van der Waals surface area contributed by atoms with Crippen molar-refractivity contribution in [1.29, 1.82) is 0 Å². The van der Waals surface area contributed by atoms with Crippen molar-refractivity contribution in [2.45, 2.75) is 0 Å². The standard InChI is InChI=1S/C60H42N8/c1-3-11-43(12-4-1)46-23-29-51(30-24-46)66(54-37-41-56(42-38-54)68-63-59-17-9-10-18-60(59)64-68)52-33-27-48(28-34-52)45-21-19-44(20-22-45)47-25-31-50(32-26-47)65(49-13-5-2-6-14-49)53-35-39-55(40-36-53)67-61-57-15-7-8-16-58(57)62-67/h1-42H. The van der Waals surface area contributed by atoms with Gasteiger partial charge >= 0.3 is 0 Å². The number of fused-ring (bicyclic) bond motifs is 2. The molecule has 8 heteroatoms. The van der Waals surface area contributed by atoms with Crippen LogP contribution in [0.5, 0.6) is 0 Å². The summed E-state index contributed by atoms with van der Waals surface area (Å²) in [6.45, 7) is 0. The van der Waals surface area contributed by atoms with E-state index in [4.69, 9.17) is 10.2 Å². The molecule has 0 radical (unpaired) electrons. The average Bonchev–Trinajstić information content (AvgIpc) is 4.06. The maximum Gasteiger partial charge on any atom is 0.113 e. The summed E-state index contributed by atoms with van der Waals surface area (Å²) in [5.74, 6) is 0. The zero-order valence-electron chi connectivity index (χ0n) is 36.8. The first-order chi connectivity index (χ1) is 33.7. The van der Waals surface area contributed by atoms with Crippen LogP contribution in [0.1, 0.15) is 0 Å². The second-order valence-corrected chi connectivity index (χ2v) is 16.6. The first-order valence-corrected chi connectivity index (χ1v) is 22.6. The number of anilines is 6. The fourth-order valence-corrected chi connectivity index (χ4v) is 8.79. The van der Waals surface area contributed by atoms with Crippen LogP contribution in [0.25, 0.3) is 66.8 Å². The van der Waals surface area contributed by atoms with Crippen LogP contribution in [0.2, 0.25) is 0 Å². The lowest BCUT2D eigenvalue weighted by Gasteiger charge is -2.26. The highest BCUT2D eigenvalue weighted by Crippen LogP contribution is 2.39. The Kier molecular flexibility index (Phi) is 10.3. The van der Waals surface area contributed by atoms with Gasteiger partial charge < -0.3 is 9.80 Å². The van der Waals surface area contributed by atoms with Crippen LogP contribution in [-0.2, 0) is 0 Å². The summed E-state index contributed by atoms with van der Waals surface area (Å²) in [5.41, 5.74) is 18.5. The van der Waals surface area contributed by atoms with Gasteiger partial charge in [-0.3, -0.25) is 0 Å². The number of hydrogen-bond donors (Lipinski definition) is 0.